The quantitative estimate of drug-likeness (QED) is 0.111. The molecule has 56 heavy (non-hydrogen) atoms. The summed E-state index contributed by atoms with van der Waals surface area (Å²) < 4.78 is 6.39. The molecule has 16 nitrogen and oxygen atoms in total. The Kier molecular flexibility index (Phi) is 11.2. The summed E-state index contributed by atoms with van der Waals surface area (Å²) in [6, 6.07) is 15.9. The van der Waals surface area contributed by atoms with Crippen molar-refractivity contribution in [3.8, 4) is 33.6 Å². The molecule has 5 N–H and O–H groups in total. The van der Waals surface area contributed by atoms with Crippen LogP contribution < -0.4 is 10.6 Å². The van der Waals surface area contributed by atoms with E-state index in [1.165, 1.54) is 7.11 Å². The van der Waals surface area contributed by atoms with Crippen LogP contribution in [0.5, 0.6) is 0 Å². The highest BCUT2D eigenvalue weighted by Gasteiger charge is 2.38. The van der Waals surface area contributed by atoms with Crippen molar-refractivity contribution in [2.24, 2.45) is 5.92 Å². The van der Waals surface area contributed by atoms with Gasteiger partial charge in [-0.1, -0.05) is 62.4 Å². The van der Waals surface area contributed by atoms with E-state index in [2.05, 4.69) is 59.9 Å². The zero-order valence-corrected chi connectivity index (χ0v) is 31.5. The first-order valence-electron chi connectivity index (χ1n) is 18.8. The number of carbonyl (C=O) groups excluding carboxylic acids is 3. The summed E-state index contributed by atoms with van der Waals surface area (Å²) in [5.74, 6) is 0.716. The molecule has 0 bridgehead atoms. The molecule has 0 aliphatic carbocycles. The van der Waals surface area contributed by atoms with Crippen LogP contribution >= 0.6 is 0 Å². The van der Waals surface area contributed by atoms with E-state index in [1.54, 1.807) is 45.3 Å². The number of rotatable bonds is 12. The van der Waals surface area contributed by atoms with Crippen molar-refractivity contribution < 1.29 is 29.0 Å². The maximum atomic E-state index is 13.8. The highest BCUT2D eigenvalue weighted by atomic mass is 16.5. The van der Waals surface area contributed by atoms with Gasteiger partial charge in [0.2, 0.25) is 11.8 Å². The Labute approximate surface area is 323 Å². The van der Waals surface area contributed by atoms with E-state index in [0.29, 0.717) is 24.7 Å². The number of nitrogens with one attached hydrogen (secondary N) is 4. The summed E-state index contributed by atoms with van der Waals surface area (Å²) in [7, 11) is 1.27. The number of carboxylic acid groups (broad SMARTS) is 1. The van der Waals surface area contributed by atoms with Gasteiger partial charge in [0.15, 0.2) is 0 Å². The number of ether oxygens (including phenoxy) is 1. The first-order chi connectivity index (χ1) is 27.1. The first-order valence-corrected chi connectivity index (χ1v) is 18.8. The predicted molar refractivity (Wildman–Crippen MR) is 206 cm³/mol. The van der Waals surface area contributed by atoms with Crippen molar-refractivity contribution in [3.63, 3.8) is 0 Å². The minimum absolute atomic E-state index is 0.172. The van der Waals surface area contributed by atoms with Crippen LogP contribution in [0.25, 0.3) is 33.6 Å². The highest BCUT2D eigenvalue weighted by Crippen LogP contribution is 2.35. The molecule has 0 radical (unpaired) electrons. The van der Waals surface area contributed by atoms with Crippen molar-refractivity contribution in [1.82, 2.24) is 50.1 Å². The van der Waals surface area contributed by atoms with Gasteiger partial charge in [0.25, 0.3) is 0 Å². The van der Waals surface area contributed by atoms with Crippen LogP contribution in [0.2, 0.25) is 0 Å². The largest absolute Gasteiger partial charge is 0.465 e. The van der Waals surface area contributed by atoms with E-state index >= 15 is 0 Å². The maximum Gasteiger partial charge on any atom is 0.407 e. The third-order valence-electron chi connectivity index (χ3n) is 10.5. The van der Waals surface area contributed by atoms with E-state index in [1.807, 2.05) is 38.1 Å². The van der Waals surface area contributed by atoms with E-state index in [0.717, 1.165) is 59.3 Å². The number of amides is 4. The molecule has 7 rings (SSSR count). The fourth-order valence-corrected chi connectivity index (χ4v) is 7.63. The Balaban J connectivity index is 1.00. The zero-order chi connectivity index (χ0) is 39.3. The number of aromatic amines is 2. The van der Waals surface area contributed by atoms with Gasteiger partial charge in [-0.05, 0) is 59.9 Å². The zero-order valence-electron chi connectivity index (χ0n) is 31.5. The number of imidazole rings is 2. The number of H-pyrrole nitrogens is 2. The molecule has 0 spiro atoms. The van der Waals surface area contributed by atoms with Crippen LogP contribution in [-0.2, 0) is 20.9 Å². The molecule has 1 unspecified atom stereocenters. The third kappa shape index (κ3) is 8.13. The molecule has 2 saturated heterocycles. The Morgan fingerprint density at radius 3 is 1.79 bits per heavy atom. The molecule has 292 valence electrons. The molecule has 2 aromatic carbocycles. The normalized spacial score (nSPS) is 17.9. The van der Waals surface area contributed by atoms with Crippen molar-refractivity contribution in [3.05, 3.63) is 91.0 Å². The van der Waals surface area contributed by atoms with Crippen molar-refractivity contribution in [1.29, 1.82) is 0 Å². The maximum absolute atomic E-state index is 13.8. The molecule has 4 amide bonds. The number of carbonyl (C=O) groups is 4. The number of alkyl carbamates (subject to hydrolysis) is 1. The SMILES string of the molecule is COC(=O)N[C@@H](Cn1cccn1)C(=O)N1CCCC1c1ncc(-c2ccc(-c3ccc(-c4cnc([C@@H]5CCCN5C(=O)[C@@H](NC(=O)O)C(C)C)[nH]4)cc3)cc2)[nH]1. The summed E-state index contributed by atoms with van der Waals surface area (Å²) in [4.78, 5) is 70.2. The minimum Gasteiger partial charge on any atom is -0.465 e. The van der Waals surface area contributed by atoms with Crippen LogP contribution in [0.3, 0.4) is 0 Å². The summed E-state index contributed by atoms with van der Waals surface area (Å²) >= 11 is 0. The second-order valence-corrected chi connectivity index (χ2v) is 14.5. The lowest BCUT2D eigenvalue weighted by Gasteiger charge is -2.29. The van der Waals surface area contributed by atoms with Gasteiger partial charge in [0, 0.05) is 25.5 Å². The molecular weight excluding hydrogens is 717 g/mol. The number of benzene rings is 2. The summed E-state index contributed by atoms with van der Waals surface area (Å²) in [5.41, 5.74) is 5.63. The first kappa shape index (κ1) is 37.8. The smallest absolute Gasteiger partial charge is 0.407 e. The van der Waals surface area contributed by atoms with Crippen LogP contribution in [0, 0.1) is 5.92 Å². The number of nitrogens with zero attached hydrogens (tertiary/aromatic N) is 6. The van der Waals surface area contributed by atoms with Gasteiger partial charge in [-0.3, -0.25) is 14.3 Å². The van der Waals surface area contributed by atoms with Gasteiger partial charge in [-0.2, -0.15) is 5.10 Å². The van der Waals surface area contributed by atoms with Crippen molar-refractivity contribution >= 4 is 24.0 Å². The second kappa shape index (κ2) is 16.5. The van der Waals surface area contributed by atoms with Gasteiger partial charge >= 0.3 is 12.2 Å². The lowest BCUT2D eigenvalue weighted by molar-refractivity contribution is -0.136. The highest BCUT2D eigenvalue weighted by molar-refractivity contribution is 5.87. The van der Waals surface area contributed by atoms with E-state index in [9.17, 15) is 24.3 Å². The number of methoxy groups -OCH3 is 1. The van der Waals surface area contributed by atoms with E-state index in [4.69, 9.17) is 4.74 Å². The van der Waals surface area contributed by atoms with Gasteiger partial charge in [-0.15, -0.1) is 0 Å². The number of hydrogen-bond donors (Lipinski definition) is 5. The van der Waals surface area contributed by atoms with Gasteiger partial charge in [-0.25, -0.2) is 19.6 Å². The Bertz CT molecular complexity index is 2140. The van der Waals surface area contributed by atoms with Crippen LogP contribution in [0.4, 0.5) is 9.59 Å². The molecule has 5 aromatic rings. The predicted octanol–water partition coefficient (Wildman–Crippen LogP) is 5.37. The standard InChI is InChI=1S/C40H46N10O6/c1-24(2)34(47-39(53)54)38(52)50-20-5-8-33(50)36-42-22-30(45-36)28-15-11-26(12-16-28)25-9-13-27(14-10-25)29-21-41-35(44-29)32-7-4-19-49(32)37(51)31(46-40(55)56-3)23-48-18-6-17-43-48/h6,9-18,21-22,24,31-34,47H,4-5,7-8,19-20,23H2,1-3H3,(H,41,44)(H,42,45)(H,46,55)(H,53,54)/t31-,32?,33-,34-/m0/s1. The molecule has 5 heterocycles. The van der Waals surface area contributed by atoms with Gasteiger partial charge < -0.3 is 40.2 Å². The lowest BCUT2D eigenvalue weighted by Crippen LogP contribution is -2.50. The third-order valence-corrected chi connectivity index (χ3v) is 10.5. The van der Waals surface area contributed by atoms with Gasteiger partial charge in [0.05, 0.1) is 49.5 Å². The fraction of sp³-hybridized carbons (Fsp3) is 0.375. The molecule has 0 saturated carbocycles. The minimum atomic E-state index is -1.22. The molecule has 16 heteroatoms. The number of hydrogen-bond acceptors (Lipinski definition) is 8. The van der Waals surface area contributed by atoms with Crippen LogP contribution in [-0.4, -0.2) is 101 Å². The van der Waals surface area contributed by atoms with E-state index in [-0.39, 0.29) is 36.4 Å². The Morgan fingerprint density at radius 1 is 0.804 bits per heavy atom. The average Bonchev–Trinajstić information content (AvgIpc) is 4.05. The fourth-order valence-electron chi connectivity index (χ4n) is 7.63. The Morgan fingerprint density at radius 2 is 1.32 bits per heavy atom. The molecular formula is C40H46N10O6. The molecule has 4 atom stereocenters. The Hall–Kier alpha value is -6.45. The van der Waals surface area contributed by atoms with Crippen molar-refractivity contribution in [2.75, 3.05) is 20.2 Å². The monoisotopic (exact) mass is 762 g/mol. The molecule has 3 aromatic heterocycles. The number of likely N-dealkylation sites (tertiary alicyclic amines) is 2. The molecule has 2 aliphatic heterocycles. The van der Waals surface area contributed by atoms with Crippen LogP contribution in [0.15, 0.2) is 79.4 Å². The second-order valence-electron chi connectivity index (χ2n) is 14.5. The summed E-state index contributed by atoms with van der Waals surface area (Å²) in [6.45, 7) is 4.92. The van der Waals surface area contributed by atoms with Crippen molar-refractivity contribution in [2.45, 2.75) is 70.2 Å². The van der Waals surface area contributed by atoms with Gasteiger partial charge in [0.1, 0.15) is 23.7 Å². The lowest BCUT2D eigenvalue weighted by atomic mass is 10.0. The number of aromatic nitrogens is 6. The topological polar surface area (TPSA) is 203 Å². The summed E-state index contributed by atoms with van der Waals surface area (Å²) in [6.07, 6.45) is 8.11. The van der Waals surface area contributed by atoms with E-state index < -0.39 is 24.3 Å². The molecule has 2 fully saturated rings. The summed E-state index contributed by atoms with van der Waals surface area (Å²) in [5, 5.41) is 18.5. The van der Waals surface area contributed by atoms with Crippen LogP contribution in [0.1, 0.15) is 63.3 Å². The molecule has 2 aliphatic rings. The average molecular weight is 763 g/mol.